The molecule has 0 aliphatic carbocycles. The van der Waals surface area contributed by atoms with Gasteiger partial charge in [0.05, 0.1) is 38.2 Å². The summed E-state index contributed by atoms with van der Waals surface area (Å²) in [6, 6.07) is 27.6. The maximum atomic E-state index is 12.4. The zero-order valence-electron chi connectivity index (χ0n) is 18.9. The number of hydrogen-bond donors (Lipinski definition) is 2. The van der Waals surface area contributed by atoms with E-state index in [0.29, 0.717) is 12.4 Å². The molecule has 0 amide bonds. The molecule has 3 aromatic rings. The fourth-order valence-corrected chi connectivity index (χ4v) is 6.18. The molecule has 2 heterocycles. The van der Waals surface area contributed by atoms with E-state index in [0.717, 1.165) is 61.1 Å². The third-order valence-corrected chi connectivity index (χ3v) is 7.82. The smallest absolute Gasteiger partial charge is 0.160 e. The van der Waals surface area contributed by atoms with Gasteiger partial charge in [-0.05, 0) is 23.3 Å². The van der Waals surface area contributed by atoms with Gasteiger partial charge in [-0.2, -0.15) is 0 Å². The zero-order chi connectivity index (χ0) is 22.1. The largest absolute Gasteiger partial charge is 1.00 e. The van der Waals surface area contributed by atoms with Crippen molar-refractivity contribution < 1.29 is 36.4 Å². The number of rotatable bonds is 8. The molecular weight excluding hydrogens is 478 g/mol. The van der Waals surface area contributed by atoms with Crippen LogP contribution in [0.4, 0.5) is 0 Å². The van der Waals surface area contributed by atoms with E-state index < -0.39 is 5.60 Å². The first-order valence-electron chi connectivity index (χ1n) is 11.7. The third kappa shape index (κ3) is 4.18. The Hall–Kier alpha value is -2.34. The Labute approximate surface area is 206 Å². The number of hydrogen-bond acceptors (Lipinski definition) is 3. The number of aliphatic hydroxyl groups is 1. The second-order valence-electron chi connectivity index (χ2n) is 9.56. The van der Waals surface area contributed by atoms with E-state index in [-0.39, 0.29) is 28.1 Å². The maximum Gasteiger partial charge on any atom is 0.160 e. The van der Waals surface area contributed by atoms with Gasteiger partial charge in [-0.15, -0.1) is 0 Å². The second kappa shape index (κ2) is 9.49. The molecule has 2 N–H and O–H groups in total. The van der Waals surface area contributed by atoms with Crippen molar-refractivity contribution >= 4 is 0 Å². The van der Waals surface area contributed by atoms with Crippen LogP contribution in [-0.2, 0) is 5.60 Å². The third-order valence-electron chi connectivity index (χ3n) is 7.82. The van der Waals surface area contributed by atoms with Crippen LogP contribution in [0.2, 0.25) is 0 Å². The summed E-state index contributed by atoms with van der Waals surface area (Å²) >= 11 is 0. The molecule has 3 aromatic carbocycles. The maximum absolute atomic E-state index is 12.4. The molecule has 4 nitrogen and oxygen atoms in total. The normalized spacial score (nSPS) is 23.8. The molecule has 0 atom stereocenters. The van der Waals surface area contributed by atoms with Crippen molar-refractivity contribution in [1.29, 1.82) is 0 Å². The molecule has 5 heteroatoms. The van der Waals surface area contributed by atoms with E-state index in [9.17, 15) is 10.2 Å². The molecule has 2 aliphatic heterocycles. The van der Waals surface area contributed by atoms with Gasteiger partial charge in [0.1, 0.15) is 5.60 Å². The number of benzene rings is 3. The first kappa shape index (κ1) is 23.8. The molecule has 2 fully saturated rings. The first-order chi connectivity index (χ1) is 15.6. The van der Waals surface area contributed by atoms with Crippen molar-refractivity contribution in [3.05, 3.63) is 96.1 Å². The fraction of sp³-hybridized carbons (Fsp3) is 0.357. The number of piperidine rings is 1. The van der Waals surface area contributed by atoms with Crippen molar-refractivity contribution in [2.75, 3.05) is 32.8 Å². The van der Waals surface area contributed by atoms with Gasteiger partial charge in [0.25, 0.3) is 0 Å². The summed E-state index contributed by atoms with van der Waals surface area (Å²) in [4.78, 5) is 0. The highest BCUT2D eigenvalue weighted by atomic mass is 79.9. The highest BCUT2D eigenvalue weighted by Crippen LogP contribution is 2.58. The molecule has 2 bridgehead atoms. The average Bonchev–Trinajstić information content (AvgIpc) is 3.42. The van der Waals surface area contributed by atoms with Crippen molar-refractivity contribution in [2.24, 2.45) is 5.41 Å². The van der Waals surface area contributed by atoms with Crippen LogP contribution in [0.15, 0.2) is 84.9 Å². The first-order valence-corrected chi connectivity index (χ1v) is 11.7. The van der Waals surface area contributed by atoms with Gasteiger partial charge in [0, 0.05) is 19.3 Å². The van der Waals surface area contributed by atoms with E-state index in [1.165, 1.54) is 0 Å². The van der Waals surface area contributed by atoms with Crippen LogP contribution in [0, 0.1) is 5.41 Å². The Balaban J connectivity index is 0.00000259. The summed E-state index contributed by atoms with van der Waals surface area (Å²) in [7, 11) is 0. The van der Waals surface area contributed by atoms with E-state index >= 15 is 0 Å². The Morgan fingerprint density at radius 2 is 1.36 bits per heavy atom. The minimum absolute atomic E-state index is 0. The quantitative estimate of drug-likeness (QED) is 0.359. The molecule has 0 saturated carbocycles. The Morgan fingerprint density at radius 1 is 0.818 bits per heavy atom. The van der Waals surface area contributed by atoms with Crippen molar-refractivity contribution in [2.45, 2.75) is 24.9 Å². The predicted molar refractivity (Wildman–Crippen MR) is 125 cm³/mol. The fourth-order valence-electron chi connectivity index (χ4n) is 6.18. The summed E-state index contributed by atoms with van der Waals surface area (Å²) in [5, 5.41) is 22.3. The number of para-hydroxylation sites is 2. The zero-order valence-corrected chi connectivity index (χ0v) is 20.5. The highest BCUT2D eigenvalue weighted by molar-refractivity contribution is 5.40. The Kier molecular flexibility index (Phi) is 6.85. The van der Waals surface area contributed by atoms with Crippen LogP contribution in [-0.4, -0.2) is 47.5 Å². The molecule has 5 rings (SSSR count). The van der Waals surface area contributed by atoms with Crippen LogP contribution in [0.5, 0.6) is 11.5 Å². The van der Waals surface area contributed by atoms with E-state index in [4.69, 9.17) is 4.74 Å². The molecule has 0 radical (unpaired) electrons. The van der Waals surface area contributed by atoms with Gasteiger partial charge in [0.15, 0.2) is 11.5 Å². The van der Waals surface area contributed by atoms with Crippen LogP contribution in [0.1, 0.15) is 30.4 Å². The summed E-state index contributed by atoms with van der Waals surface area (Å²) < 4.78 is 6.87. The second-order valence-corrected chi connectivity index (χ2v) is 9.56. The molecule has 0 unspecified atom stereocenters. The van der Waals surface area contributed by atoms with Gasteiger partial charge < -0.3 is 36.4 Å². The van der Waals surface area contributed by atoms with Gasteiger partial charge in [-0.1, -0.05) is 72.8 Å². The molecule has 0 aromatic heterocycles. The molecular formula is C28H32BrNO3. The minimum Gasteiger partial charge on any atom is -1.00 e. The number of ether oxygens (including phenoxy) is 1. The number of phenolic OH excluding ortho intramolecular Hbond substituents is 1. The summed E-state index contributed by atoms with van der Waals surface area (Å²) in [6.45, 7) is 4.81. The topological polar surface area (TPSA) is 49.7 Å². The van der Waals surface area contributed by atoms with Crippen LogP contribution >= 0.6 is 0 Å². The molecule has 2 aliphatic rings. The lowest BCUT2D eigenvalue weighted by atomic mass is 9.63. The number of phenols is 1. The van der Waals surface area contributed by atoms with Crippen LogP contribution in [0.3, 0.4) is 0 Å². The van der Waals surface area contributed by atoms with Crippen molar-refractivity contribution in [3.63, 3.8) is 0 Å². The lowest BCUT2D eigenvalue weighted by Crippen LogP contribution is -3.00. The number of halogens is 1. The van der Waals surface area contributed by atoms with Gasteiger partial charge in [0.2, 0.25) is 0 Å². The number of fused-ring (bicyclic) bond motifs is 2. The summed E-state index contributed by atoms with van der Waals surface area (Å²) in [5.74, 6) is 0.740. The molecule has 0 spiro atoms. The van der Waals surface area contributed by atoms with E-state index in [1.54, 1.807) is 18.2 Å². The van der Waals surface area contributed by atoms with Gasteiger partial charge >= 0.3 is 0 Å². The van der Waals surface area contributed by atoms with Crippen molar-refractivity contribution in [3.8, 4) is 11.5 Å². The average molecular weight is 510 g/mol. The van der Waals surface area contributed by atoms with E-state index in [2.05, 4.69) is 24.3 Å². The summed E-state index contributed by atoms with van der Waals surface area (Å²) in [6.07, 6.45) is 2.97. The standard InChI is InChI=1S/C28H31NO3.BrH/c30-25-14-7-8-15-26(25)32-21-9-18-29-19-16-27(22-29,17-20-29)28(31,23-10-3-1-4-11-23)24-12-5-2-6-13-24;/h1-8,10-15,31H,9,16-22H2;1H. The number of aromatic hydroxyl groups is 1. The van der Waals surface area contributed by atoms with E-state index in [1.807, 2.05) is 42.5 Å². The van der Waals surface area contributed by atoms with Gasteiger partial charge in [-0.25, -0.2) is 0 Å². The van der Waals surface area contributed by atoms with Crippen LogP contribution < -0.4 is 21.7 Å². The highest BCUT2D eigenvalue weighted by Gasteiger charge is 2.65. The Morgan fingerprint density at radius 3 is 1.94 bits per heavy atom. The van der Waals surface area contributed by atoms with Crippen molar-refractivity contribution in [1.82, 2.24) is 0 Å². The number of nitrogens with zero attached hydrogens (tertiary/aromatic N) is 1. The monoisotopic (exact) mass is 509 g/mol. The Bertz CT molecular complexity index is 1010. The molecule has 33 heavy (non-hydrogen) atoms. The molecule has 174 valence electrons. The lowest BCUT2D eigenvalue weighted by Gasteiger charge is -2.42. The lowest BCUT2D eigenvalue weighted by molar-refractivity contribution is -0.909. The van der Waals surface area contributed by atoms with Crippen LogP contribution in [0.25, 0.3) is 0 Å². The number of quaternary nitrogens is 1. The van der Waals surface area contributed by atoms with Gasteiger partial charge in [-0.3, -0.25) is 0 Å². The SMILES string of the molecule is Oc1ccccc1OCCC[N+]12CCC(C(O)(c3ccccc3)c3ccccc3)(CC1)C2.[Br-]. The predicted octanol–water partition coefficient (Wildman–Crippen LogP) is 1.71. The minimum atomic E-state index is -0.988. The molecule has 2 saturated heterocycles. The summed E-state index contributed by atoms with van der Waals surface area (Å²) in [5.41, 5.74) is 0.846.